The van der Waals surface area contributed by atoms with Gasteiger partial charge < -0.3 is 10.8 Å². The molecule has 5 heteroatoms. The summed E-state index contributed by atoms with van der Waals surface area (Å²) in [4.78, 5) is 11.4. The number of nitrogens with zero attached hydrogens (tertiary/aromatic N) is 2. The van der Waals surface area contributed by atoms with Crippen LogP contribution in [-0.4, -0.2) is 26.4 Å². The van der Waals surface area contributed by atoms with Gasteiger partial charge in [-0.15, -0.1) is 0 Å². The molecule has 1 aliphatic rings. The van der Waals surface area contributed by atoms with Crippen LogP contribution in [0.4, 0.5) is 0 Å². The second kappa shape index (κ2) is 4.39. The summed E-state index contributed by atoms with van der Waals surface area (Å²) >= 11 is 0. The van der Waals surface area contributed by atoms with Crippen LogP contribution in [0.5, 0.6) is 0 Å². The number of rotatable bonds is 5. The van der Waals surface area contributed by atoms with Gasteiger partial charge in [-0.2, -0.15) is 5.10 Å². The SMILES string of the molecule is CCc1c(C)nn(CC(N)(C(=O)O)C2CC2)c1C. The largest absolute Gasteiger partial charge is 0.480 e. The number of carboxylic acid groups (broad SMARTS) is 1. The van der Waals surface area contributed by atoms with Crippen molar-refractivity contribution in [3.8, 4) is 0 Å². The van der Waals surface area contributed by atoms with Gasteiger partial charge in [0.2, 0.25) is 0 Å². The van der Waals surface area contributed by atoms with Crippen molar-refractivity contribution in [2.24, 2.45) is 11.7 Å². The molecule has 1 atom stereocenters. The molecule has 0 aromatic carbocycles. The highest BCUT2D eigenvalue weighted by Gasteiger charge is 2.49. The number of carboxylic acids is 1. The zero-order chi connectivity index (χ0) is 13.5. The van der Waals surface area contributed by atoms with Crippen LogP contribution in [0.15, 0.2) is 0 Å². The number of hydrogen-bond donors (Lipinski definition) is 2. The van der Waals surface area contributed by atoms with Crippen LogP contribution in [0.25, 0.3) is 0 Å². The van der Waals surface area contributed by atoms with Crippen molar-refractivity contribution in [3.05, 3.63) is 17.0 Å². The molecular weight excluding hydrogens is 230 g/mol. The van der Waals surface area contributed by atoms with Gasteiger partial charge in [-0.25, -0.2) is 0 Å². The van der Waals surface area contributed by atoms with Crippen molar-refractivity contribution in [2.45, 2.75) is 52.1 Å². The Morgan fingerprint density at radius 2 is 2.17 bits per heavy atom. The van der Waals surface area contributed by atoms with Gasteiger partial charge >= 0.3 is 5.97 Å². The van der Waals surface area contributed by atoms with E-state index in [1.165, 1.54) is 5.56 Å². The fourth-order valence-electron chi connectivity index (χ4n) is 2.62. The standard InChI is InChI=1S/C13H21N3O2/c1-4-11-8(2)15-16(9(11)3)7-13(14,12(17)18)10-5-6-10/h10H,4-7,14H2,1-3H3,(H,17,18). The summed E-state index contributed by atoms with van der Waals surface area (Å²) in [6.07, 6.45) is 2.72. The molecule has 100 valence electrons. The van der Waals surface area contributed by atoms with E-state index in [9.17, 15) is 9.90 Å². The van der Waals surface area contributed by atoms with Crippen LogP contribution in [0.3, 0.4) is 0 Å². The molecule has 3 N–H and O–H groups in total. The average molecular weight is 251 g/mol. The van der Waals surface area contributed by atoms with Gasteiger partial charge in [-0.3, -0.25) is 9.48 Å². The van der Waals surface area contributed by atoms with E-state index in [2.05, 4.69) is 12.0 Å². The Morgan fingerprint density at radius 3 is 2.56 bits per heavy atom. The minimum Gasteiger partial charge on any atom is -0.480 e. The van der Waals surface area contributed by atoms with E-state index >= 15 is 0 Å². The first-order valence-electron chi connectivity index (χ1n) is 6.45. The van der Waals surface area contributed by atoms with E-state index in [1.807, 2.05) is 13.8 Å². The second-order valence-electron chi connectivity index (χ2n) is 5.28. The van der Waals surface area contributed by atoms with Gasteiger partial charge in [-0.1, -0.05) is 6.92 Å². The monoisotopic (exact) mass is 251 g/mol. The third-order valence-electron chi connectivity index (χ3n) is 4.00. The number of carbonyl (C=O) groups is 1. The van der Waals surface area contributed by atoms with E-state index in [0.29, 0.717) is 0 Å². The van der Waals surface area contributed by atoms with E-state index in [-0.39, 0.29) is 12.5 Å². The summed E-state index contributed by atoms with van der Waals surface area (Å²) in [6, 6.07) is 0. The summed E-state index contributed by atoms with van der Waals surface area (Å²) in [6.45, 7) is 6.28. The van der Waals surface area contributed by atoms with Crippen molar-refractivity contribution in [1.29, 1.82) is 0 Å². The van der Waals surface area contributed by atoms with Crippen LogP contribution in [-0.2, 0) is 17.8 Å². The molecule has 2 rings (SSSR count). The quantitative estimate of drug-likeness (QED) is 0.825. The number of hydrogen-bond acceptors (Lipinski definition) is 3. The first-order valence-corrected chi connectivity index (χ1v) is 6.45. The van der Waals surface area contributed by atoms with Crippen molar-refractivity contribution in [1.82, 2.24) is 9.78 Å². The molecule has 1 aromatic rings. The van der Waals surface area contributed by atoms with Crippen molar-refractivity contribution in [2.75, 3.05) is 0 Å². The van der Waals surface area contributed by atoms with Crippen molar-refractivity contribution in [3.63, 3.8) is 0 Å². The lowest BCUT2D eigenvalue weighted by Crippen LogP contribution is -2.53. The molecule has 1 fully saturated rings. The zero-order valence-electron chi connectivity index (χ0n) is 11.2. The van der Waals surface area contributed by atoms with Gasteiger partial charge in [0.05, 0.1) is 12.2 Å². The lowest BCUT2D eigenvalue weighted by Gasteiger charge is -2.25. The smallest absolute Gasteiger partial charge is 0.325 e. The predicted molar refractivity (Wildman–Crippen MR) is 68.4 cm³/mol. The molecule has 1 aliphatic carbocycles. The minimum absolute atomic E-state index is 0.0870. The van der Waals surface area contributed by atoms with Crippen LogP contribution >= 0.6 is 0 Å². The molecular formula is C13H21N3O2. The molecule has 1 saturated carbocycles. The highest BCUT2D eigenvalue weighted by Crippen LogP contribution is 2.39. The fraction of sp³-hybridized carbons (Fsp3) is 0.692. The Bertz CT molecular complexity index is 477. The number of aliphatic carboxylic acids is 1. The van der Waals surface area contributed by atoms with Gasteiger partial charge in [0, 0.05) is 5.69 Å². The molecule has 0 amide bonds. The maximum atomic E-state index is 11.4. The maximum Gasteiger partial charge on any atom is 0.325 e. The number of nitrogens with two attached hydrogens (primary N) is 1. The molecule has 18 heavy (non-hydrogen) atoms. The highest BCUT2D eigenvalue weighted by molar-refractivity contribution is 5.79. The molecule has 1 aromatic heterocycles. The number of aromatic nitrogens is 2. The topological polar surface area (TPSA) is 81.1 Å². The van der Waals surface area contributed by atoms with Crippen LogP contribution in [0, 0.1) is 19.8 Å². The van der Waals surface area contributed by atoms with Gasteiger partial charge in [0.15, 0.2) is 0 Å². The minimum atomic E-state index is -1.17. The Hall–Kier alpha value is -1.36. The summed E-state index contributed by atoms with van der Waals surface area (Å²) in [5.74, 6) is -0.834. The fourth-order valence-corrected chi connectivity index (χ4v) is 2.62. The van der Waals surface area contributed by atoms with E-state index in [0.717, 1.165) is 30.7 Å². The first kappa shape index (κ1) is 13.1. The van der Waals surface area contributed by atoms with Crippen molar-refractivity contribution < 1.29 is 9.90 Å². The predicted octanol–water partition coefficient (Wildman–Crippen LogP) is 1.25. The summed E-state index contributed by atoms with van der Waals surface area (Å²) in [7, 11) is 0. The number of aryl methyl sites for hydroxylation is 1. The molecule has 0 aliphatic heterocycles. The Morgan fingerprint density at radius 1 is 1.56 bits per heavy atom. The maximum absolute atomic E-state index is 11.4. The molecule has 0 radical (unpaired) electrons. The first-order chi connectivity index (χ1) is 8.40. The molecule has 5 nitrogen and oxygen atoms in total. The van der Waals surface area contributed by atoms with E-state index in [1.54, 1.807) is 4.68 Å². The Kier molecular flexibility index (Phi) is 3.19. The van der Waals surface area contributed by atoms with Gasteiger partial charge in [-0.05, 0) is 44.6 Å². The van der Waals surface area contributed by atoms with E-state index < -0.39 is 11.5 Å². The van der Waals surface area contributed by atoms with Gasteiger partial charge in [0.1, 0.15) is 5.54 Å². The molecule has 0 saturated heterocycles. The molecule has 0 bridgehead atoms. The summed E-state index contributed by atoms with van der Waals surface area (Å²) in [5, 5.41) is 13.8. The van der Waals surface area contributed by atoms with E-state index in [4.69, 9.17) is 5.73 Å². The Balaban J connectivity index is 2.30. The van der Waals surface area contributed by atoms with Crippen LogP contribution < -0.4 is 5.73 Å². The highest BCUT2D eigenvalue weighted by atomic mass is 16.4. The lowest BCUT2D eigenvalue weighted by atomic mass is 9.94. The second-order valence-corrected chi connectivity index (χ2v) is 5.28. The lowest BCUT2D eigenvalue weighted by molar-refractivity contribution is -0.145. The molecule has 1 heterocycles. The summed E-state index contributed by atoms with van der Waals surface area (Å²) in [5.41, 5.74) is 8.11. The van der Waals surface area contributed by atoms with Crippen LogP contribution in [0.2, 0.25) is 0 Å². The third-order valence-corrected chi connectivity index (χ3v) is 4.00. The average Bonchev–Trinajstić information content (AvgIpc) is 3.09. The normalized spacial score (nSPS) is 18.7. The van der Waals surface area contributed by atoms with Crippen molar-refractivity contribution >= 4 is 5.97 Å². The Labute approximate surface area is 107 Å². The van der Waals surface area contributed by atoms with Gasteiger partial charge in [0.25, 0.3) is 0 Å². The van der Waals surface area contributed by atoms with Crippen LogP contribution in [0.1, 0.15) is 36.7 Å². The molecule has 0 spiro atoms. The summed E-state index contributed by atoms with van der Waals surface area (Å²) < 4.78 is 1.76. The third kappa shape index (κ3) is 2.03. The molecule has 1 unspecified atom stereocenters. The zero-order valence-corrected chi connectivity index (χ0v) is 11.2.